The number of ether oxygens (including phenoxy) is 1. The number of esters is 1. The molecule has 0 heterocycles. The van der Waals surface area contributed by atoms with Gasteiger partial charge in [-0.2, -0.15) is 0 Å². The lowest BCUT2D eigenvalue weighted by atomic mass is 10.3. The Labute approximate surface area is 223 Å². The Balaban J connectivity index is 0. The normalized spacial score (nSPS) is 11.3. The predicted molar refractivity (Wildman–Crippen MR) is 148 cm³/mol. The quantitative estimate of drug-likeness (QED) is 0.0724. The van der Waals surface area contributed by atoms with Crippen LogP contribution in [0.4, 0.5) is 0 Å². The van der Waals surface area contributed by atoms with E-state index in [1.54, 1.807) is 23.6 Å². The number of carbonyl (C=O) groups excluding carboxylic acids is 4. The molecule has 0 aromatic carbocycles. The molecule has 0 saturated heterocycles. The number of rotatable bonds is 20. The van der Waals surface area contributed by atoms with Gasteiger partial charge in [0.25, 0.3) is 0 Å². The first-order chi connectivity index (χ1) is 17.3. The van der Waals surface area contributed by atoms with Crippen LogP contribution >= 0.6 is 11.8 Å². The SMILES string of the molecule is CCCCOC(=O)CN(C)CSCCCC(=C=O)[SiH](C=C=O)C=C=O.CCO[Si](C)(OCC)OCC. The summed E-state index contributed by atoms with van der Waals surface area (Å²) in [5, 5.41) is 0.472. The largest absolute Gasteiger partial charge is 0.497 e. The van der Waals surface area contributed by atoms with Gasteiger partial charge in [-0.3, -0.25) is 9.69 Å². The molecule has 0 spiro atoms. The average Bonchev–Trinajstić information content (AvgIpc) is 2.82. The van der Waals surface area contributed by atoms with Gasteiger partial charge in [0.2, 0.25) is 0 Å². The lowest BCUT2D eigenvalue weighted by Crippen LogP contribution is -2.42. The van der Waals surface area contributed by atoms with Crippen LogP contribution in [0.2, 0.25) is 6.55 Å². The summed E-state index contributed by atoms with van der Waals surface area (Å²) in [6.45, 7) is 12.5. The van der Waals surface area contributed by atoms with E-state index in [1.807, 2.05) is 52.1 Å². The number of unbranched alkanes of at least 4 members (excludes halogenated alkanes) is 1. The molecule has 0 aliphatic rings. The number of nitrogens with zero attached hydrogens (tertiary/aromatic N) is 1. The summed E-state index contributed by atoms with van der Waals surface area (Å²) in [4.78, 5) is 45.3. The molecule has 0 saturated carbocycles. The molecule has 0 aliphatic heterocycles. The lowest BCUT2D eigenvalue weighted by Gasteiger charge is -2.23. The van der Waals surface area contributed by atoms with Gasteiger partial charge in [-0.1, -0.05) is 13.3 Å². The van der Waals surface area contributed by atoms with Crippen molar-refractivity contribution in [3.05, 3.63) is 16.6 Å². The first-order valence-corrected chi connectivity index (χ1v) is 17.6. The molecular weight excluding hydrogens is 519 g/mol. The predicted octanol–water partition coefficient (Wildman–Crippen LogP) is 2.78. The Morgan fingerprint density at radius 1 is 0.972 bits per heavy atom. The monoisotopic (exact) mass is 561 g/mol. The standard InChI is InChI=1S/C17H25NO5SSi.C7H18O3Si/c1-3-4-9-23-17(22)13-18(2)15-24-10-5-6-16(14-21)25(11-7-19)12-8-20;1-5-8-11(4,9-6-2)10-7-3/h11-12,25H,3-6,9-10,13,15H2,1-2H3;5-7H2,1-4H3. The number of allylic oxidation sites excluding steroid dienone is 1. The summed E-state index contributed by atoms with van der Waals surface area (Å²) in [6.07, 6.45) is 3.09. The smallest absolute Gasteiger partial charge is 0.465 e. The minimum absolute atomic E-state index is 0.224. The van der Waals surface area contributed by atoms with Gasteiger partial charge in [0.15, 0.2) is 8.80 Å². The highest BCUT2D eigenvalue weighted by Gasteiger charge is 2.33. The van der Waals surface area contributed by atoms with Crippen LogP contribution in [-0.4, -0.2) is 97.9 Å². The van der Waals surface area contributed by atoms with Gasteiger partial charge in [-0.15, -0.1) is 11.8 Å². The van der Waals surface area contributed by atoms with E-state index in [9.17, 15) is 19.2 Å². The maximum Gasteiger partial charge on any atom is 0.497 e. The molecule has 206 valence electrons. The molecule has 0 atom stereocenters. The van der Waals surface area contributed by atoms with Crippen LogP contribution in [0.25, 0.3) is 0 Å². The van der Waals surface area contributed by atoms with E-state index in [4.69, 9.17) is 18.0 Å². The molecule has 0 aliphatic carbocycles. The summed E-state index contributed by atoms with van der Waals surface area (Å²) in [6, 6.07) is 0. The van der Waals surface area contributed by atoms with E-state index in [-0.39, 0.29) is 12.5 Å². The van der Waals surface area contributed by atoms with Crippen LogP contribution in [0.3, 0.4) is 0 Å². The fraction of sp³-hybridized carbons (Fsp3) is 0.708. The third-order valence-electron chi connectivity index (χ3n) is 4.45. The molecule has 0 amide bonds. The maximum absolute atomic E-state index is 11.6. The van der Waals surface area contributed by atoms with Crippen LogP contribution < -0.4 is 0 Å². The Kier molecular flexibility index (Phi) is 25.5. The van der Waals surface area contributed by atoms with Gasteiger partial charge in [0.05, 0.1) is 13.2 Å². The van der Waals surface area contributed by atoms with Gasteiger partial charge in [0, 0.05) is 37.4 Å². The van der Waals surface area contributed by atoms with E-state index in [2.05, 4.69) is 0 Å². The van der Waals surface area contributed by atoms with Crippen LogP contribution in [0.15, 0.2) is 16.6 Å². The number of hydrogen-bond acceptors (Lipinski definition) is 10. The second kappa shape index (κ2) is 25.1. The highest BCUT2D eigenvalue weighted by molar-refractivity contribution is 7.99. The van der Waals surface area contributed by atoms with Crippen molar-refractivity contribution < 1.29 is 37.2 Å². The van der Waals surface area contributed by atoms with Gasteiger partial charge < -0.3 is 18.0 Å². The van der Waals surface area contributed by atoms with E-state index in [1.165, 1.54) is 11.4 Å². The van der Waals surface area contributed by atoms with Crippen molar-refractivity contribution in [1.82, 2.24) is 4.90 Å². The zero-order valence-electron chi connectivity index (χ0n) is 22.6. The fourth-order valence-corrected chi connectivity index (χ4v) is 6.99. The van der Waals surface area contributed by atoms with Crippen molar-refractivity contribution in [2.75, 3.05) is 51.6 Å². The topological polar surface area (TPSA) is 108 Å². The second-order valence-electron chi connectivity index (χ2n) is 7.61. The van der Waals surface area contributed by atoms with Gasteiger partial charge >= 0.3 is 14.8 Å². The Morgan fingerprint density at radius 2 is 1.53 bits per heavy atom. The summed E-state index contributed by atoms with van der Waals surface area (Å²) < 4.78 is 21.3. The van der Waals surface area contributed by atoms with Crippen molar-refractivity contribution in [3.8, 4) is 0 Å². The molecule has 0 unspecified atom stereocenters. The van der Waals surface area contributed by atoms with Crippen molar-refractivity contribution in [2.24, 2.45) is 0 Å². The second-order valence-corrected chi connectivity index (χ2v) is 13.7. The molecule has 0 radical (unpaired) electrons. The Hall–Kier alpha value is -1.56. The van der Waals surface area contributed by atoms with Gasteiger partial charge in [-0.05, 0) is 64.2 Å². The summed E-state index contributed by atoms with van der Waals surface area (Å²) >= 11 is 1.64. The molecule has 0 bridgehead atoms. The third kappa shape index (κ3) is 20.6. The molecule has 0 N–H and O–H groups in total. The van der Waals surface area contributed by atoms with Crippen molar-refractivity contribution in [3.63, 3.8) is 0 Å². The van der Waals surface area contributed by atoms with Gasteiger partial charge in [0.1, 0.15) is 17.8 Å². The molecule has 9 nitrogen and oxygen atoms in total. The Morgan fingerprint density at radius 3 is 1.97 bits per heavy atom. The molecular formula is C24H43NO8SSi2. The minimum atomic E-state index is -2.25. The number of likely N-dealkylation sites (N-methyl/N-ethyl adjacent to an activating group) is 1. The number of carbonyl (C=O) groups is 1. The highest BCUT2D eigenvalue weighted by atomic mass is 32.2. The number of hydrogen-bond donors (Lipinski definition) is 0. The van der Waals surface area contributed by atoms with E-state index in [0.717, 1.165) is 25.0 Å². The van der Waals surface area contributed by atoms with Crippen LogP contribution in [-0.2, 0) is 37.2 Å². The van der Waals surface area contributed by atoms with Crippen LogP contribution in [0.5, 0.6) is 0 Å². The zero-order valence-corrected chi connectivity index (χ0v) is 25.6. The third-order valence-corrected chi connectivity index (χ3v) is 10.3. The first kappa shape index (κ1) is 36.6. The summed E-state index contributed by atoms with van der Waals surface area (Å²) in [7, 11) is -2.54. The molecule has 0 rings (SSSR count). The van der Waals surface area contributed by atoms with E-state index >= 15 is 0 Å². The number of thioether (sulfide) groups is 1. The summed E-state index contributed by atoms with van der Waals surface area (Å²) in [5.74, 6) is 6.37. The first-order valence-electron chi connectivity index (χ1n) is 12.3. The molecule has 0 fully saturated rings. The van der Waals surface area contributed by atoms with Crippen molar-refractivity contribution in [2.45, 2.75) is 59.9 Å². The lowest BCUT2D eigenvalue weighted by molar-refractivity contribution is -0.144. The van der Waals surface area contributed by atoms with Crippen molar-refractivity contribution >= 4 is 53.2 Å². The van der Waals surface area contributed by atoms with Gasteiger partial charge in [-0.25, -0.2) is 14.4 Å². The molecule has 0 aromatic heterocycles. The Bertz CT molecular complexity index is 701. The average molecular weight is 562 g/mol. The maximum atomic E-state index is 11.6. The minimum Gasteiger partial charge on any atom is -0.465 e. The van der Waals surface area contributed by atoms with Crippen LogP contribution in [0.1, 0.15) is 53.4 Å². The molecule has 0 aromatic rings. The summed E-state index contributed by atoms with van der Waals surface area (Å²) in [5.41, 5.74) is 2.49. The highest BCUT2D eigenvalue weighted by Crippen LogP contribution is 2.12. The zero-order chi connectivity index (χ0) is 27.7. The fourth-order valence-electron chi connectivity index (χ4n) is 2.82. The van der Waals surface area contributed by atoms with E-state index in [0.29, 0.717) is 43.9 Å². The van der Waals surface area contributed by atoms with E-state index < -0.39 is 17.6 Å². The molecule has 36 heavy (non-hydrogen) atoms. The van der Waals surface area contributed by atoms with Crippen LogP contribution in [0, 0.1) is 0 Å². The molecule has 12 heteroatoms. The van der Waals surface area contributed by atoms with Crippen molar-refractivity contribution in [1.29, 1.82) is 0 Å².